The second kappa shape index (κ2) is 5.12. The molecule has 0 aliphatic carbocycles. The van der Waals surface area contributed by atoms with Gasteiger partial charge in [0, 0.05) is 13.0 Å². The maximum Gasteiger partial charge on any atom is 0.386 e. The lowest BCUT2D eigenvalue weighted by molar-refractivity contribution is -2.00. The average Bonchev–Trinajstić information content (AvgIpc) is 2.38. The highest BCUT2D eigenvalue weighted by Gasteiger charge is 2.16. The van der Waals surface area contributed by atoms with Crippen LogP contribution in [0.3, 0.4) is 0 Å². The number of rotatable bonds is 0. The van der Waals surface area contributed by atoms with Gasteiger partial charge in [0.2, 0.25) is 5.82 Å². The van der Waals surface area contributed by atoms with E-state index < -0.39 is 10.2 Å². The summed E-state index contributed by atoms with van der Waals surface area (Å²) in [6, 6.07) is 2.06. The van der Waals surface area contributed by atoms with Crippen molar-refractivity contribution in [2.75, 3.05) is 0 Å². The second-order valence-electron chi connectivity index (χ2n) is 3.72. The van der Waals surface area contributed by atoms with Gasteiger partial charge < -0.3 is 0 Å². The number of halogens is 1. The summed E-state index contributed by atoms with van der Waals surface area (Å²) < 4.78 is 37.8. The molecule has 0 N–H and O–H groups in total. The lowest BCUT2D eigenvalue weighted by atomic mass is 10.3. The first-order valence-electron chi connectivity index (χ1n) is 4.91. The zero-order valence-electron chi connectivity index (χ0n) is 10.4. The molecule has 0 spiro atoms. The SMILES string of the molecule is Cc1cc(C)[n+]2c(C)nn(C)c2n1.[O-][Cl+3]([O-])([O-])[O-]. The van der Waals surface area contributed by atoms with Crippen LogP contribution < -0.4 is 23.0 Å². The van der Waals surface area contributed by atoms with Crippen molar-refractivity contribution in [2.45, 2.75) is 20.8 Å². The van der Waals surface area contributed by atoms with Gasteiger partial charge in [-0.15, -0.1) is 19.9 Å². The molecule has 100 valence electrons. The molecule has 0 radical (unpaired) electrons. The Kier molecular flexibility index (Phi) is 4.20. The maximum absolute atomic E-state index is 8.49. The third-order valence-corrected chi connectivity index (χ3v) is 2.15. The van der Waals surface area contributed by atoms with Crippen molar-refractivity contribution in [3.8, 4) is 0 Å². The fourth-order valence-electron chi connectivity index (χ4n) is 1.69. The maximum atomic E-state index is 8.49. The number of hydrogen-bond donors (Lipinski definition) is 0. The molecule has 0 aromatic carbocycles. The van der Waals surface area contributed by atoms with Crippen molar-refractivity contribution in [3.05, 3.63) is 23.3 Å². The zero-order valence-corrected chi connectivity index (χ0v) is 11.1. The normalized spacial score (nSPS) is 11.3. The number of aromatic nitrogens is 4. The van der Waals surface area contributed by atoms with Crippen molar-refractivity contribution >= 4 is 5.78 Å². The lowest BCUT2D eigenvalue weighted by Gasteiger charge is -2.17. The van der Waals surface area contributed by atoms with Gasteiger partial charge in [0.1, 0.15) is 5.69 Å². The van der Waals surface area contributed by atoms with Crippen molar-refractivity contribution in [2.24, 2.45) is 7.05 Å². The Morgan fingerprint density at radius 2 is 1.67 bits per heavy atom. The van der Waals surface area contributed by atoms with Gasteiger partial charge in [-0.3, -0.25) is 0 Å². The van der Waals surface area contributed by atoms with Gasteiger partial charge in [-0.1, -0.05) is 0 Å². The fourth-order valence-corrected chi connectivity index (χ4v) is 1.69. The lowest BCUT2D eigenvalue weighted by Crippen LogP contribution is -2.68. The van der Waals surface area contributed by atoms with Crippen LogP contribution in [0.5, 0.6) is 0 Å². The third kappa shape index (κ3) is 3.86. The summed E-state index contributed by atoms with van der Waals surface area (Å²) in [6.45, 7) is 6.04. The summed E-state index contributed by atoms with van der Waals surface area (Å²) in [6.07, 6.45) is 0. The summed E-state index contributed by atoms with van der Waals surface area (Å²) in [5.41, 5.74) is 2.20. The Hall–Kier alpha value is -1.32. The first-order valence-corrected chi connectivity index (χ1v) is 6.14. The monoisotopic (exact) mass is 276 g/mol. The molecule has 18 heavy (non-hydrogen) atoms. The molecule has 0 saturated carbocycles. The summed E-state index contributed by atoms with van der Waals surface area (Å²) in [7, 11) is -3.03. The molecular weight excluding hydrogens is 264 g/mol. The van der Waals surface area contributed by atoms with Gasteiger partial charge in [0.05, 0.1) is 12.7 Å². The van der Waals surface area contributed by atoms with Crippen molar-refractivity contribution in [1.29, 1.82) is 0 Å². The Bertz CT molecular complexity index is 558. The van der Waals surface area contributed by atoms with Gasteiger partial charge in [0.15, 0.2) is 0 Å². The predicted molar refractivity (Wildman–Crippen MR) is 48.4 cm³/mol. The standard InChI is InChI=1S/C9H13N4.ClHO4/c1-6-5-7(2)13-8(3)11-12(4)9(13)10-6;2-1(3,4)5/h5H,1-4H3;(H,2,3,4,5)/q+1;/p-1. The summed E-state index contributed by atoms with van der Waals surface area (Å²) >= 11 is 0. The Balaban J connectivity index is 0.000000280. The quantitative estimate of drug-likeness (QED) is 0.448. The molecule has 0 fully saturated rings. The number of fused-ring (bicyclic) bond motifs is 1. The van der Waals surface area contributed by atoms with Crippen molar-refractivity contribution in [1.82, 2.24) is 14.8 Å². The van der Waals surface area contributed by atoms with Crippen LogP contribution in [-0.4, -0.2) is 14.8 Å². The summed E-state index contributed by atoms with van der Waals surface area (Å²) in [4.78, 5) is 4.42. The van der Waals surface area contributed by atoms with Crippen LogP contribution in [-0.2, 0) is 7.05 Å². The second-order valence-corrected chi connectivity index (χ2v) is 4.48. The van der Waals surface area contributed by atoms with E-state index >= 15 is 0 Å². The molecule has 0 saturated heterocycles. The van der Waals surface area contributed by atoms with Crippen LogP contribution in [0, 0.1) is 31.0 Å². The van der Waals surface area contributed by atoms with Crippen LogP contribution in [0.4, 0.5) is 0 Å². The first kappa shape index (κ1) is 14.7. The molecule has 2 aromatic heterocycles. The van der Waals surface area contributed by atoms with E-state index in [0.29, 0.717) is 0 Å². The van der Waals surface area contributed by atoms with Gasteiger partial charge in [-0.05, 0) is 18.9 Å². The first-order chi connectivity index (χ1) is 8.09. The van der Waals surface area contributed by atoms with E-state index in [1.807, 2.05) is 25.3 Å². The predicted octanol–water partition coefficient (Wildman–Crippen LogP) is -4.28. The molecule has 0 aliphatic heterocycles. The smallest absolute Gasteiger partial charge is 0.222 e. The highest BCUT2D eigenvalue weighted by atomic mass is 35.7. The third-order valence-electron chi connectivity index (χ3n) is 2.15. The molecule has 0 bridgehead atoms. The number of nitrogens with zero attached hydrogens (tertiary/aromatic N) is 4. The Morgan fingerprint density at radius 1 is 1.17 bits per heavy atom. The highest BCUT2D eigenvalue weighted by molar-refractivity contribution is 5.20. The Morgan fingerprint density at radius 3 is 2.17 bits per heavy atom. The van der Waals surface area contributed by atoms with Crippen LogP contribution in [0.1, 0.15) is 17.2 Å². The van der Waals surface area contributed by atoms with Gasteiger partial charge in [-0.2, -0.15) is 4.40 Å². The van der Waals surface area contributed by atoms with E-state index in [2.05, 4.69) is 23.1 Å². The molecular formula is C9H13ClN4O4. The fraction of sp³-hybridized carbons (Fsp3) is 0.444. The van der Waals surface area contributed by atoms with E-state index in [1.54, 1.807) is 4.68 Å². The zero-order chi connectivity index (χ0) is 14.1. The average molecular weight is 277 g/mol. The molecule has 2 aromatic rings. The minimum atomic E-state index is -4.94. The molecule has 2 rings (SSSR count). The minimum absolute atomic E-state index is 0.898. The molecule has 2 heterocycles. The largest absolute Gasteiger partial charge is 0.386 e. The minimum Gasteiger partial charge on any atom is -0.222 e. The molecule has 0 aliphatic rings. The van der Waals surface area contributed by atoms with E-state index in [9.17, 15) is 0 Å². The summed E-state index contributed by atoms with van der Waals surface area (Å²) in [5, 5.41) is 4.31. The molecule has 0 amide bonds. The summed E-state index contributed by atoms with van der Waals surface area (Å²) in [5.74, 6) is 1.87. The van der Waals surface area contributed by atoms with Gasteiger partial charge in [0.25, 0.3) is 0 Å². The van der Waals surface area contributed by atoms with Crippen LogP contribution in [0.25, 0.3) is 5.78 Å². The Labute approximate surface area is 105 Å². The van der Waals surface area contributed by atoms with Crippen molar-refractivity contribution in [3.63, 3.8) is 0 Å². The topological polar surface area (TPSA) is 127 Å². The van der Waals surface area contributed by atoms with E-state index in [4.69, 9.17) is 18.6 Å². The van der Waals surface area contributed by atoms with E-state index in [0.717, 1.165) is 17.3 Å². The van der Waals surface area contributed by atoms with E-state index in [-0.39, 0.29) is 0 Å². The highest BCUT2D eigenvalue weighted by Crippen LogP contribution is 2.00. The van der Waals surface area contributed by atoms with Gasteiger partial charge in [-0.25, -0.2) is 18.6 Å². The van der Waals surface area contributed by atoms with Gasteiger partial charge >= 0.3 is 5.78 Å². The van der Waals surface area contributed by atoms with Crippen LogP contribution >= 0.6 is 0 Å². The number of hydrogen-bond acceptors (Lipinski definition) is 6. The van der Waals surface area contributed by atoms with Crippen molar-refractivity contribution < 1.29 is 33.3 Å². The van der Waals surface area contributed by atoms with Crippen LogP contribution in [0.15, 0.2) is 6.07 Å². The number of aryl methyl sites for hydroxylation is 4. The van der Waals surface area contributed by atoms with E-state index in [1.165, 1.54) is 5.69 Å². The van der Waals surface area contributed by atoms with Crippen LogP contribution in [0.2, 0.25) is 0 Å². The molecule has 8 nitrogen and oxygen atoms in total. The molecule has 9 heteroatoms. The molecule has 0 unspecified atom stereocenters. The molecule has 0 atom stereocenters.